The van der Waals surface area contributed by atoms with E-state index in [0.717, 1.165) is 6.20 Å². The number of likely N-dealkylation sites (N-methyl/N-ethyl adjacent to an activating group) is 1. The Bertz CT molecular complexity index is 876. The molecule has 1 fully saturated rings. The number of methoxy groups -OCH3 is 1. The van der Waals surface area contributed by atoms with Gasteiger partial charge in [-0.2, -0.15) is 0 Å². The molecule has 2 heterocycles. The minimum atomic E-state index is -2.61. The molecule has 3 rings (SSSR count). The van der Waals surface area contributed by atoms with Crippen LogP contribution in [0.4, 0.5) is 19.3 Å². The molecule has 1 unspecified atom stereocenters. The molecule has 28 heavy (non-hydrogen) atoms. The fourth-order valence-corrected chi connectivity index (χ4v) is 2.62. The van der Waals surface area contributed by atoms with Crippen LogP contribution in [-0.2, 0) is 4.79 Å². The summed E-state index contributed by atoms with van der Waals surface area (Å²) in [6, 6.07) is 6.25. The number of carbonyl (C=O) groups is 2. The molecule has 1 aliphatic rings. The lowest BCUT2D eigenvalue weighted by Gasteiger charge is -2.18. The summed E-state index contributed by atoms with van der Waals surface area (Å²) < 4.78 is 36.0. The molecule has 0 aliphatic carbocycles. The highest BCUT2D eigenvalue weighted by Crippen LogP contribution is 2.31. The molecule has 10 heteroatoms. The van der Waals surface area contributed by atoms with Crippen LogP contribution >= 0.6 is 0 Å². The molecule has 2 aromatic rings. The monoisotopic (exact) mass is 392 g/mol. The lowest BCUT2D eigenvalue weighted by Crippen LogP contribution is -2.40. The van der Waals surface area contributed by atoms with Crippen LogP contribution in [0, 0.1) is 0 Å². The highest BCUT2D eigenvalue weighted by molar-refractivity contribution is 5.99. The Kier molecular flexibility index (Phi) is 5.57. The van der Waals surface area contributed by atoms with E-state index >= 15 is 0 Å². The van der Waals surface area contributed by atoms with Crippen LogP contribution in [0.1, 0.15) is 12.0 Å². The summed E-state index contributed by atoms with van der Waals surface area (Å²) in [5.74, 6) is 0.442. The Morgan fingerprint density at radius 1 is 1.36 bits per heavy atom. The molecule has 8 nitrogen and oxygen atoms in total. The predicted octanol–water partition coefficient (Wildman–Crippen LogP) is 2.78. The van der Waals surface area contributed by atoms with Crippen molar-refractivity contribution in [3.05, 3.63) is 42.1 Å². The van der Waals surface area contributed by atoms with Gasteiger partial charge in [0.2, 0.25) is 11.8 Å². The number of anilines is 1. The second-order valence-corrected chi connectivity index (χ2v) is 6.00. The van der Waals surface area contributed by atoms with E-state index < -0.39 is 18.4 Å². The molecule has 0 bridgehead atoms. The summed E-state index contributed by atoms with van der Waals surface area (Å²) in [5, 5.41) is 5.29. The van der Waals surface area contributed by atoms with Crippen molar-refractivity contribution >= 4 is 17.6 Å². The first-order chi connectivity index (χ1) is 13.4. The Balaban J connectivity index is 1.76. The molecule has 148 valence electrons. The Labute approximate surface area is 159 Å². The molecule has 0 radical (unpaired) electrons. The maximum absolute atomic E-state index is 12.6. The van der Waals surface area contributed by atoms with Gasteiger partial charge in [0.15, 0.2) is 0 Å². The largest absolute Gasteiger partial charge is 0.495 e. The number of nitrogens with one attached hydrogen (secondary N) is 2. The zero-order chi connectivity index (χ0) is 20.3. The van der Waals surface area contributed by atoms with Gasteiger partial charge >= 0.3 is 6.03 Å². The van der Waals surface area contributed by atoms with Gasteiger partial charge in [0, 0.05) is 37.5 Å². The molecule has 0 spiro atoms. The lowest BCUT2D eigenvalue weighted by molar-refractivity contribution is -0.119. The minimum absolute atomic E-state index is 0.122. The third-order valence-electron chi connectivity index (χ3n) is 4.20. The third kappa shape index (κ3) is 4.11. The SMILES string of the molecule is COc1ccc(Oc2ccc(C(F)F)cn2)cc1NC(=O)C1CNC(=O)N1C. The van der Waals surface area contributed by atoms with Gasteiger partial charge in [-0.1, -0.05) is 0 Å². The topological polar surface area (TPSA) is 92.8 Å². The van der Waals surface area contributed by atoms with E-state index in [9.17, 15) is 18.4 Å². The van der Waals surface area contributed by atoms with Gasteiger partial charge in [0.05, 0.1) is 12.8 Å². The first-order valence-corrected chi connectivity index (χ1v) is 8.30. The number of amides is 3. The number of hydrogen-bond donors (Lipinski definition) is 2. The summed E-state index contributed by atoms with van der Waals surface area (Å²) in [7, 11) is 2.97. The summed E-state index contributed by atoms with van der Waals surface area (Å²) in [6.45, 7) is 0.195. The number of urea groups is 1. The van der Waals surface area contributed by atoms with Crippen molar-refractivity contribution in [2.45, 2.75) is 12.5 Å². The lowest BCUT2D eigenvalue weighted by atomic mass is 10.2. The number of rotatable bonds is 6. The standard InChI is InChI=1S/C18H18F2N4O4/c1-24-13(9-22-18(24)26)17(25)23-12-7-11(4-5-14(12)27-2)28-15-6-3-10(8-21-15)16(19)20/h3-8,13,16H,9H2,1-2H3,(H,22,26)(H,23,25). The van der Waals surface area contributed by atoms with Crippen molar-refractivity contribution in [2.24, 2.45) is 0 Å². The van der Waals surface area contributed by atoms with E-state index in [4.69, 9.17) is 9.47 Å². The number of pyridine rings is 1. The smallest absolute Gasteiger partial charge is 0.317 e. The van der Waals surface area contributed by atoms with E-state index in [2.05, 4.69) is 15.6 Å². The van der Waals surface area contributed by atoms with E-state index in [1.54, 1.807) is 12.1 Å². The Hall–Kier alpha value is -3.43. The van der Waals surface area contributed by atoms with Crippen LogP contribution < -0.4 is 20.1 Å². The molecule has 1 aliphatic heterocycles. The zero-order valence-corrected chi connectivity index (χ0v) is 15.1. The second-order valence-electron chi connectivity index (χ2n) is 6.00. The summed E-state index contributed by atoms with van der Waals surface area (Å²) in [5.41, 5.74) is 0.126. The Morgan fingerprint density at radius 3 is 2.71 bits per heavy atom. The van der Waals surface area contributed by atoms with E-state index in [1.807, 2.05) is 0 Å². The van der Waals surface area contributed by atoms with Crippen LogP contribution in [0.25, 0.3) is 0 Å². The van der Waals surface area contributed by atoms with Gasteiger partial charge < -0.3 is 25.0 Å². The van der Waals surface area contributed by atoms with Crippen LogP contribution in [-0.4, -0.2) is 48.6 Å². The second kappa shape index (κ2) is 8.07. The van der Waals surface area contributed by atoms with Crippen molar-refractivity contribution in [2.75, 3.05) is 26.0 Å². The van der Waals surface area contributed by atoms with Crippen molar-refractivity contribution < 1.29 is 27.8 Å². The highest BCUT2D eigenvalue weighted by Gasteiger charge is 2.33. The molecule has 0 saturated carbocycles. The van der Waals surface area contributed by atoms with Crippen LogP contribution in [0.15, 0.2) is 36.5 Å². The molecular formula is C18H18F2N4O4. The van der Waals surface area contributed by atoms with Crippen LogP contribution in [0.3, 0.4) is 0 Å². The van der Waals surface area contributed by atoms with Gasteiger partial charge in [-0.25, -0.2) is 18.6 Å². The normalized spacial score (nSPS) is 16.1. The molecular weight excluding hydrogens is 374 g/mol. The fraction of sp³-hybridized carbons (Fsp3) is 0.278. The quantitative estimate of drug-likeness (QED) is 0.789. The fourth-order valence-electron chi connectivity index (χ4n) is 2.62. The van der Waals surface area contributed by atoms with Gasteiger partial charge in [-0.15, -0.1) is 0 Å². The van der Waals surface area contributed by atoms with Crippen molar-refractivity contribution in [3.8, 4) is 17.4 Å². The average Bonchev–Trinajstić information content (AvgIpc) is 3.01. The number of hydrogen-bond acceptors (Lipinski definition) is 5. The number of aromatic nitrogens is 1. The number of carbonyl (C=O) groups excluding carboxylic acids is 2. The summed E-state index contributed by atoms with van der Waals surface area (Å²) in [6.07, 6.45) is -1.58. The molecule has 1 aromatic heterocycles. The van der Waals surface area contributed by atoms with Gasteiger partial charge in [0.25, 0.3) is 6.43 Å². The predicted molar refractivity (Wildman–Crippen MR) is 95.8 cm³/mol. The van der Waals surface area contributed by atoms with Crippen LogP contribution in [0.2, 0.25) is 0 Å². The van der Waals surface area contributed by atoms with Gasteiger partial charge in [-0.3, -0.25) is 4.79 Å². The van der Waals surface area contributed by atoms with E-state index in [0.29, 0.717) is 17.2 Å². The first-order valence-electron chi connectivity index (χ1n) is 8.30. The zero-order valence-electron chi connectivity index (χ0n) is 15.1. The summed E-state index contributed by atoms with van der Waals surface area (Å²) in [4.78, 5) is 29.1. The molecule has 1 saturated heterocycles. The third-order valence-corrected chi connectivity index (χ3v) is 4.20. The van der Waals surface area contributed by atoms with E-state index in [-0.39, 0.29) is 24.0 Å². The molecule has 2 N–H and O–H groups in total. The van der Waals surface area contributed by atoms with Crippen molar-refractivity contribution in [3.63, 3.8) is 0 Å². The number of benzene rings is 1. The maximum atomic E-state index is 12.6. The van der Waals surface area contributed by atoms with Crippen molar-refractivity contribution in [1.82, 2.24) is 15.2 Å². The van der Waals surface area contributed by atoms with Crippen molar-refractivity contribution in [1.29, 1.82) is 0 Å². The van der Waals surface area contributed by atoms with Gasteiger partial charge in [-0.05, 0) is 18.2 Å². The average molecular weight is 392 g/mol. The molecule has 1 aromatic carbocycles. The van der Waals surface area contributed by atoms with Gasteiger partial charge in [0.1, 0.15) is 17.5 Å². The first kappa shape index (κ1) is 19.3. The van der Waals surface area contributed by atoms with Crippen LogP contribution in [0.5, 0.6) is 17.4 Å². The highest BCUT2D eigenvalue weighted by atomic mass is 19.3. The number of ether oxygens (including phenoxy) is 2. The summed E-state index contributed by atoms with van der Waals surface area (Å²) >= 11 is 0. The molecule has 1 atom stereocenters. The number of halogens is 2. The Morgan fingerprint density at radius 2 is 2.14 bits per heavy atom. The minimum Gasteiger partial charge on any atom is -0.495 e. The number of nitrogens with zero attached hydrogens (tertiary/aromatic N) is 2. The maximum Gasteiger partial charge on any atom is 0.317 e. The molecule has 3 amide bonds. The van der Waals surface area contributed by atoms with E-state index in [1.165, 1.54) is 37.3 Å². The number of alkyl halides is 2.